The van der Waals surface area contributed by atoms with E-state index in [-0.39, 0.29) is 0 Å². The zero-order valence-electron chi connectivity index (χ0n) is 25.3. The first-order valence-electron chi connectivity index (χ1n) is 15.7. The first-order chi connectivity index (χ1) is 23.3. The molecule has 2 heterocycles. The van der Waals surface area contributed by atoms with Crippen LogP contribution >= 0.6 is 0 Å². The van der Waals surface area contributed by atoms with Gasteiger partial charge >= 0.3 is 0 Å². The molecule has 0 spiro atoms. The maximum absolute atomic E-state index is 6.68. The van der Waals surface area contributed by atoms with E-state index < -0.39 is 0 Å². The molecule has 4 heteroatoms. The number of hydrogen-bond acceptors (Lipinski definition) is 4. The van der Waals surface area contributed by atoms with E-state index in [0.29, 0.717) is 17.5 Å². The van der Waals surface area contributed by atoms with Gasteiger partial charge in [0.1, 0.15) is 11.2 Å². The molecule has 0 aliphatic rings. The molecule has 0 saturated heterocycles. The Hall–Kier alpha value is -6.39. The number of benzene rings is 7. The van der Waals surface area contributed by atoms with Gasteiger partial charge in [-0.3, -0.25) is 0 Å². The largest absolute Gasteiger partial charge is 0.455 e. The maximum Gasteiger partial charge on any atom is 0.164 e. The molecule has 220 valence electrons. The van der Waals surface area contributed by atoms with Crippen molar-refractivity contribution < 1.29 is 4.42 Å². The predicted octanol–water partition coefficient (Wildman–Crippen LogP) is 11.3. The average Bonchev–Trinajstić information content (AvgIpc) is 3.53. The molecular weight excluding hydrogens is 574 g/mol. The molecule has 0 bridgehead atoms. The van der Waals surface area contributed by atoms with Gasteiger partial charge < -0.3 is 4.42 Å². The van der Waals surface area contributed by atoms with Gasteiger partial charge in [0.2, 0.25) is 0 Å². The highest BCUT2D eigenvalue weighted by molar-refractivity contribution is 6.18. The highest BCUT2D eigenvalue weighted by Crippen LogP contribution is 2.43. The summed E-state index contributed by atoms with van der Waals surface area (Å²) in [5.74, 6) is 1.93. The minimum atomic E-state index is 0.633. The second-order valence-corrected chi connectivity index (χ2v) is 11.6. The van der Waals surface area contributed by atoms with E-state index in [4.69, 9.17) is 19.4 Å². The first-order valence-corrected chi connectivity index (χ1v) is 15.7. The van der Waals surface area contributed by atoms with E-state index in [1.807, 2.05) is 66.7 Å². The van der Waals surface area contributed by atoms with Gasteiger partial charge in [0, 0.05) is 33.0 Å². The number of fused-ring (bicyclic) bond motifs is 4. The molecule has 0 atom stereocenters. The minimum absolute atomic E-state index is 0.633. The van der Waals surface area contributed by atoms with E-state index in [0.717, 1.165) is 66.3 Å². The van der Waals surface area contributed by atoms with Crippen LogP contribution in [0, 0.1) is 0 Å². The van der Waals surface area contributed by atoms with Crippen LogP contribution in [0.25, 0.3) is 89.1 Å². The lowest BCUT2D eigenvalue weighted by molar-refractivity contribution is 0.670. The van der Waals surface area contributed by atoms with Gasteiger partial charge in [-0.1, -0.05) is 146 Å². The second kappa shape index (κ2) is 11.2. The third-order valence-corrected chi connectivity index (χ3v) is 8.73. The van der Waals surface area contributed by atoms with Crippen molar-refractivity contribution in [3.63, 3.8) is 0 Å². The molecule has 47 heavy (non-hydrogen) atoms. The summed E-state index contributed by atoms with van der Waals surface area (Å²) in [7, 11) is 0. The highest BCUT2D eigenvalue weighted by atomic mass is 16.3. The van der Waals surface area contributed by atoms with Crippen LogP contribution in [-0.4, -0.2) is 15.0 Å². The van der Waals surface area contributed by atoms with Gasteiger partial charge in [-0.05, 0) is 45.7 Å². The standard InChI is InChI=1S/C43H27N3O/c1-4-12-28(13-5-1)36-25-24-35(39-37-26-33-18-10-11-19-34(33)27-38(37)47-40(36)39)29-20-22-32(23-21-29)43-45-41(30-14-6-2-7-15-30)44-42(46-43)31-16-8-3-9-17-31/h1-27H. The molecule has 9 aromatic rings. The predicted molar refractivity (Wildman–Crippen MR) is 192 cm³/mol. The third kappa shape index (κ3) is 4.84. The summed E-state index contributed by atoms with van der Waals surface area (Å²) in [6.07, 6.45) is 0. The monoisotopic (exact) mass is 601 g/mol. The van der Waals surface area contributed by atoms with Gasteiger partial charge in [0.25, 0.3) is 0 Å². The third-order valence-electron chi connectivity index (χ3n) is 8.73. The number of aromatic nitrogens is 3. The second-order valence-electron chi connectivity index (χ2n) is 11.6. The van der Waals surface area contributed by atoms with Gasteiger partial charge in [0.05, 0.1) is 0 Å². The quantitative estimate of drug-likeness (QED) is 0.197. The fourth-order valence-electron chi connectivity index (χ4n) is 6.39. The molecule has 4 nitrogen and oxygen atoms in total. The lowest BCUT2D eigenvalue weighted by atomic mass is 9.93. The Labute approximate surface area is 271 Å². The van der Waals surface area contributed by atoms with Crippen molar-refractivity contribution in [3.8, 4) is 56.4 Å². The molecule has 0 radical (unpaired) electrons. The van der Waals surface area contributed by atoms with Crippen molar-refractivity contribution in [2.45, 2.75) is 0 Å². The average molecular weight is 602 g/mol. The highest BCUT2D eigenvalue weighted by Gasteiger charge is 2.19. The van der Waals surface area contributed by atoms with E-state index >= 15 is 0 Å². The Morgan fingerprint density at radius 1 is 0.362 bits per heavy atom. The Kier molecular flexibility index (Phi) is 6.43. The molecule has 7 aromatic carbocycles. The number of nitrogens with zero attached hydrogens (tertiary/aromatic N) is 3. The van der Waals surface area contributed by atoms with Gasteiger partial charge in [-0.25, -0.2) is 15.0 Å². The van der Waals surface area contributed by atoms with E-state index in [1.165, 1.54) is 5.39 Å². The normalized spacial score (nSPS) is 11.4. The van der Waals surface area contributed by atoms with Crippen molar-refractivity contribution in [1.82, 2.24) is 15.0 Å². The molecular formula is C43H27N3O. The topological polar surface area (TPSA) is 51.8 Å². The molecule has 0 amide bonds. The van der Waals surface area contributed by atoms with E-state index in [2.05, 4.69) is 97.1 Å². The summed E-state index contributed by atoms with van der Waals surface area (Å²) in [4.78, 5) is 14.7. The van der Waals surface area contributed by atoms with Crippen LogP contribution in [0.15, 0.2) is 168 Å². The molecule has 0 saturated carbocycles. The summed E-state index contributed by atoms with van der Waals surface area (Å²) < 4.78 is 6.68. The Morgan fingerprint density at radius 3 is 1.36 bits per heavy atom. The van der Waals surface area contributed by atoms with Crippen LogP contribution in [0.4, 0.5) is 0 Å². The molecule has 0 aliphatic carbocycles. The molecule has 9 rings (SSSR count). The zero-order chi connectivity index (χ0) is 31.2. The lowest BCUT2D eigenvalue weighted by Crippen LogP contribution is -2.00. The van der Waals surface area contributed by atoms with Crippen LogP contribution in [-0.2, 0) is 0 Å². The fraction of sp³-hybridized carbons (Fsp3) is 0. The summed E-state index contributed by atoms with van der Waals surface area (Å²) in [5, 5.41) is 4.56. The van der Waals surface area contributed by atoms with Crippen molar-refractivity contribution >= 4 is 32.7 Å². The fourth-order valence-corrected chi connectivity index (χ4v) is 6.39. The van der Waals surface area contributed by atoms with Gasteiger partial charge in [-0.2, -0.15) is 0 Å². The zero-order valence-corrected chi connectivity index (χ0v) is 25.3. The summed E-state index contributed by atoms with van der Waals surface area (Å²) in [6, 6.07) is 56.3. The Balaban J connectivity index is 1.20. The Morgan fingerprint density at radius 2 is 0.787 bits per heavy atom. The van der Waals surface area contributed by atoms with Crippen LogP contribution < -0.4 is 0 Å². The van der Waals surface area contributed by atoms with Gasteiger partial charge in [0.15, 0.2) is 17.5 Å². The van der Waals surface area contributed by atoms with Crippen molar-refractivity contribution in [2.75, 3.05) is 0 Å². The molecule has 0 aliphatic heterocycles. The van der Waals surface area contributed by atoms with E-state index in [9.17, 15) is 0 Å². The lowest BCUT2D eigenvalue weighted by Gasteiger charge is -2.10. The molecule has 2 aromatic heterocycles. The first kappa shape index (κ1) is 27.0. The van der Waals surface area contributed by atoms with Crippen LogP contribution in [0.2, 0.25) is 0 Å². The van der Waals surface area contributed by atoms with Crippen LogP contribution in [0.1, 0.15) is 0 Å². The summed E-state index contributed by atoms with van der Waals surface area (Å²) in [5.41, 5.74) is 9.00. The minimum Gasteiger partial charge on any atom is -0.455 e. The van der Waals surface area contributed by atoms with Crippen LogP contribution in [0.3, 0.4) is 0 Å². The van der Waals surface area contributed by atoms with Crippen molar-refractivity contribution in [3.05, 3.63) is 164 Å². The molecule has 0 N–H and O–H groups in total. The molecule has 0 fully saturated rings. The summed E-state index contributed by atoms with van der Waals surface area (Å²) in [6.45, 7) is 0. The van der Waals surface area contributed by atoms with Crippen molar-refractivity contribution in [1.29, 1.82) is 0 Å². The maximum atomic E-state index is 6.68. The van der Waals surface area contributed by atoms with Gasteiger partial charge in [-0.15, -0.1) is 0 Å². The molecule has 0 unspecified atom stereocenters. The number of hydrogen-bond donors (Lipinski definition) is 0. The number of furan rings is 1. The van der Waals surface area contributed by atoms with Crippen LogP contribution in [0.5, 0.6) is 0 Å². The smallest absolute Gasteiger partial charge is 0.164 e. The van der Waals surface area contributed by atoms with E-state index in [1.54, 1.807) is 0 Å². The SMILES string of the molecule is c1ccc(-c2nc(-c3ccccc3)nc(-c3ccc(-c4ccc(-c5ccccc5)c5oc6cc7ccccc7cc6c45)cc3)n2)cc1. The van der Waals surface area contributed by atoms with Crippen molar-refractivity contribution in [2.24, 2.45) is 0 Å². The summed E-state index contributed by atoms with van der Waals surface area (Å²) >= 11 is 0. The number of rotatable bonds is 5. The Bertz CT molecular complexity index is 2480.